The normalized spacial score (nSPS) is 26.4. The first-order valence-electron chi connectivity index (χ1n) is 10.8. The summed E-state index contributed by atoms with van der Waals surface area (Å²) in [6, 6.07) is 3.94. The number of guanidine groups is 1. The van der Waals surface area contributed by atoms with Gasteiger partial charge in [0.2, 0.25) is 0 Å². The van der Waals surface area contributed by atoms with E-state index in [-0.39, 0.29) is 11.5 Å². The predicted molar refractivity (Wildman–Crippen MR) is 112 cm³/mol. The van der Waals surface area contributed by atoms with Crippen LogP contribution in [-0.4, -0.2) is 51.5 Å². The van der Waals surface area contributed by atoms with E-state index < -0.39 is 0 Å². The van der Waals surface area contributed by atoms with Gasteiger partial charge in [-0.25, -0.2) is 0 Å². The third-order valence-corrected chi connectivity index (χ3v) is 5.61. The van der Waals surface area contributed by atoms with E-state index in [0.717, 1.165) is 70.4 Å². The largest absolute Gasteiger partial charge is 0.469 e. The Balaban J connectivity index is 1.54. The van der Waals surface area contributed by atoms with Gasteiger partial charge in [-0.05, 0) is 36.8 Å². The van der Waals surface area contributed by atoms with E-state index in [2.05, 4.69) is 31.4 Å². The van der Waals surface area contributed by atoms with E-state index in [4.69, 9.17) is 18.9 Å². The van der Waals surface area contributed by atoms with Crippen LogP contribution in [0.15, 0.2) is 27.8 Å². The predicted octanol–water partition coefficient (Wildman–Crippen LogP) is 3.24. The van der Waals surface area contributed by atoms with Crippen LogP contribution < -0.4 is 10.6 Å². The molecule has 6 nitrogen and oxygen atoms in total. The fourth-order valence-electron chi connectivity index (χ4n) is 4.12. The highest BCUT2D eigenvalue weighted by atomic mass is 16.5. The minimum Gasteiger partial charge on any atom is -0.469 e. The molecule has 3 unspecified atom stereocenters. The van der Waals surface area contributed by atoms with Crippen LogP contribution in [0.25, 0.3) is 0 Å². The van der Waals surface area contributed by atoms with Gasteiger partial charge >= 0.3 is 0 Å². The number of rotatable bonds is 7. The van der Waals surface area contributed by atoms with Crippen LogP contribution in [0.4, 0.5) is 0 Å². The van der Waals surface area contributed by atoms with Crippen molar-refractivity contribution in [3.63, 3.8) is 0 Å². The van der Waals surface area contributed by atoms with Crippen molar-refractivity contribution in [1.29, 1.82) is 0 Å². The first-order valence-corrected chi connectivity index (χ1v) is 10.8. The topological polar surface area (TPSA) is 68.0 Å². The summed E-state index contributed by atoms with van der Waals surface area (Å²) < 4.78 is 17.0. The summed E-state index contributed by atoms with van der Waals surface area (Å²) in [6.07, 6.45) is 6.28. The van der Waals surface area contributed by atoms with Crippen molar-refractivity contribution in [1.82, 2.24) is 10.6 Å². The molecular formula is C22H37N3O3. The number of furan rings is 1. The molecule has 0 aromatic carbocycles. The first-order chi connectivity index (χ1) is 13.5. The lowest BCUT2D eigenvalue weighted by Crippen LogP contribution is -2.48. The minimum absolute atomic E-state index is 0.151. The molecule has 6 heteroatoms. The van der Waals surface area contributed by atoms with Crippen LogP contribution >= 0.6 is 0 Å². The second-order valence-electron chi connectivity index (χ2n) is 9.12. The quantitative estimate of drug-likeness (QED) is 0.552. The number of hydrogen-bond donors (Lipinski definition) is 2. The third kappa shape index (κ3) is 6.52. The van der Waals surface area contributed by atoms with E-state index >= 15 is 0 Å². The molecule has 0 radical (unpaired) electrons. The zero-order chi connectivity index (χ0) is 19.8. The smallest absolute Gasteiger partial charge is 0.191 e. The summed E-state index contributed by atoms with van der Waals surface area (Å²) in [4.78, 5) is 4.84. The minimum atomic E-state index is 0.151. The number of nitrogens with one attached hydrogen (secondary N) is 2. The van der Waals surface area contributed by atoms with Gasteiger partial charge in [0.25, 0.3) is 0 Å². The van der Waals surface area contributed by atoms with Gasteiger partial charge in [-0.1, -0.05) is 20.8 Å². The zero-order valence-corrected chi connectivity index (χ0v) is 17.7. The molecule has 0 bridgehead atoms. The molecule has 3 rings (SSSR count). The first kappa shape index (κ1) is 21.2. The van der Waals surface area contributed by atoms with E-state index in [1.54, 1.807) is 6.26 Å². The molecule has 2 aliphatic heterocycles. The van der Waals surface area contributed by atoms with Crippen LogP contribution in [-0.2, 0) is 15.9 Å². The lowest BCUT2D eigenvalue weighted by molar-refractivity contribution is -0.0835. The van der Waals surface area contributed by atoms with Crippen molar-refractivity contribution in [2.75, 3.05) is 39.5 Å². The molecule has 28 heavy (non-hydrogen) atoms. The van der Waals surface area contributed by atoms with Gasteiger partial charge in [-0.15, -0.1) is 0 Å². The molecule has 0 spiro atoms. The van der Waals surface area contributed by atoms with Gasteiger partial charge in [-0.3, -0.25) is 4.99 Å². The molecule has 0 aliphatic carbocycles. The molecule has 3 heterocycles. The summed E-state index contributed by atoms with van der Waals surface area (Å²) in [5.41, 5.74) is 0.151. The molecular weight excluding hydrogens is 354 g/mol. The molecule has 3 atom stereocenters. The van der Waals surface area contributed by atoms with Crippen LogP contribution in [0.1, 0.15) is 45.8 Å². The van der Waals surface area contributed by atoms with Gasteiger partial charge in [0.1, 0.15) is 5.76 Å². The number of aliphatic imine (C=N–C) groups is 1. The van der Waals surface area contributed by atoms with Crippen molar-refractivity contribution in [3.8, 4) is 0 Å². The maximum Gasteiger partial charge on any atom is 0.191 e. The molecule has 2 saturated heterocycles. The van der Waals surface area contributed by atoms with E-state index in [1.807, 2.05) is 12.1 Å². The van der Waals surface area contributed by atoms with Gasteiger partial charge in [0.15, 0.2) is 5.96 Å². The second kappa shape index (κ2) is 10.3. The molecule has 0 amide bonds. The lowest BCUT2D eigenvalue weighted by Gasteiger charge is -2.40. The van der Waals surface area contributed by atoms with Crippen LogP contribution in [0, 0.1) is 17.3 Å². The maximum absolute atomic E-state index is 6.13. The Labute approximate surface area is 169 Å². The zero-order valence-electron chi connectivity index (χ0n) is 17.7. The molecule has 1 aromatic heterocycles. The average Bonchev–Trinajstić information content (AvgIpc) is 3.37. The SMILES string of the molecule is CC(C)(C)C1OCCCC1CNC(=NCC1CCOC1)NCCc1ccco1. The molecule has 2 fully saturated rings. The fourth-order valence-corrected chi connectivity index (χ4v) is 4.12. The lowest BCUT2D eigenvalue weighted by atomic mass is 9.78. The fraction of sp³-hybridized carbons (Fsp3) is 0.773. The van der Waals surface area contributed by atoms with Crippen molar-refractivity contribution < 1.29 is 13.9 Å². The molecule has 2 N–H and O–H groups in total. The highest BCUT2D eigenvalue weighted by molar-refractivity contribution is 5.79. The van der Waals surface area contributed by atoms with Crippen LogP contribution in [0.3, 0.4) is 0 Å². The van der Waals surface area contributed by atoms with Crippen molar-refractivity contribution >= 4 is 5.96 Å². The summed E-state index contributed by atoms with van der Waals surface area (Å²) in [6.45, 7) is 11.9. The number of hydrogen-bond acceptors (Lipinski definition) is 4. The van der Waals surface area contributed by atoms with Crippen LogP contribution in [0.5, 0.6) is 0 Å². The Morgan fingerprint density at radius 2 is 2.11 bits per heavy atom. The van der Waals surface area contributed by atoms with E-state index in [0.29, 0.717) is 11.8 Å². The Bertz CT molecular complexity index is 589. The average molecular weight is 392 g/mol. The second-order valence-corrected chi connectivity index (χ2v) is 9.12. The van der Waals surface area contributed by atoms with E-state index in [9.17, 15) is 0 Å². The monoisotopic (exact) mass is 391 g/mol. The maximum atomic E-state index is 6.13. The summed E-state index contributed by atoms with van der Waals surface area (Å²) in [7, 11) is 0. The third-order valence-electron chi connectivity index (χ3n) is 5.61. The van der Waals surface area contributed by atoms with E-state index in [1.165, 1.54) is 6.42 Å². The molecule has 1 aromatic rings. The van der Waals surface area contributed by atoms with Crippen molar-refractivity contribution in [3.05, 3.63) is 24.2 Å². The number of nitrogens with zero attached hydrogens (tertiary/aromatic N) is 1. The Kier molecular flexibility index (Phi) is 7.80. The highest BCUT2D eigenvalue weighted by Gasteiger charge is 2.35. The summed E-state index contributed by atoms with van der Waals surface area (Å²) >= 11 is 0. The highest BCUT2D eigenvalue weighted by Crippen LogP contribution is 2.33. The van der Waals surface area contributed by atoms with Gasteiger partial charge < -0.3 is 24.5 Å². The van der Waals surface area contributed by atoms with Crippen LogP contribution in [0.2, 0.25) is 0 Å². The summed E-state index contributed by atoms with van der Waals surface area (Å²) in [5, 5.41) is 7.06. The Morgan fingerprint density at radius 3 is 2.82 bits per heavy atom. The Hall–Kier alpha value is -1.53. The van der Waals surface area contributed by atoms with Gasteiger partial charge in [-0.2, -0.15) is 0 Å². The summed E-state index contributed by atoms with van der Waals surface area (Å²) in [5.74, 6) is 2.91. The Morgan fingerprint density at radius 1 is 1.21 bits per heavy atom. The standard InChI is InChI=1S/C22H37N3O3/c1-22(2,3)20-18(6-4-12-28-20)15-25-21(24-14-17-9-13-26-16-17)23-10-8-19-7-5-11-27-19/h5,7,11,17-18,20H,4,6,8-10,12-16H2,1-3H3,(H2,23,24,25). The van der Waals surface area contributed by atoms with Crippen molar-refractivity contribution in [2.24, 2.45) is 22.2 Å². The molecule has 158 valence electrons. The molecule has 0 saturated carbocycles. The molecule has 2 aliphatic rings. The number of ether oxygens (including phenoxy) is 2. The van der Waals surface area contributed by atoms with Gasteiger partial charge in [0, 0.05) is 51.1 Å². The van der Waals surface area contributed by atoms with Crippen molar-refractivity contribution in [2.45, 2.75) is 52.6 Å². The van der Waals surface area contributed by atoms with Gasteiger partial charge in [0.05, 0.1) is 19.0 Å².